The fourth-order valence-corrected chi connectivity index (χ4v) is 2.32. The van der Waals surface area contributed by atoms with Crippen molar-refractivity contribution in [2.24, 2.45) is 0 Å². The average Bonchev–Trinajstić information content (AvgIpc) is 2.67. The van der Waals surface area contributed by atoms with E-state index in [0.29, 0.717) is 6.54 Å². The molecule has 0 amide bonds. The van der Waals surface area contributed by atoms with E-state index in [1.165, 1.54) is 0 Å². The van der Waals surface area contributed by atoms with Crippen LogP contribution in [0.1, 0.15) is 22.5 Å². The number of rotatable bonds is 5. The minimum Gasteiger partial charge on any atom is -0.490 e. The standard InChI is InChI=1S/C16H22N2O2/c1-11-6-5-7-12(2)16(11)20-10-15(19)9-18-14(4)8-13(3)17-18/h5-8,15,19H,9-10H2,1-4H3/t15-/m0/s1. The lowest BCUT2D eigenvalue weighted by atomic mass is 10.1. The first-order valence-electron chi connectivity index (χ1n) is 6.85. The van der Waals surface area contributed by atoms with E-state index in [9.17, 15) is 5.11 Å². The van der Waals surface area contributed by atoms with Crippen molar-refractivity contribution in [2.75, 3.05) is 6.61 Å². The molecular weight excluding hydrogens is 252 g/mol. The molecule has 0 spiro atoms. The first kappa shape index (κ1) is 14.6. The molecule has 0 aliphatic carbocycles. The van der Waals surface area contributed by atoms with Gasteiger partial charge in [-0.25, -0.2) is 0 Å². The maximum absolute atomic E-state index is 10.1. The number of para-hydroxylation sites is 1. The summed E-state index contributed by atoms with van der Waals surface area (Å²) < 4.78 is 7.57. The van der Waals surface area contributed by atoms with Gasteiger partial charge in [0.05, 0.1) is 12.2 Å². The molecular formula is C16H22N2O2. The molecule has 1 aromatic carbocycles. The van der Waals surface area contributed by atoms with Crippen LogP contribution in [0.4, 0.5) is 0 Å². The topological polar surface area (TPSA) is 47.3 Å². The van der Waals surface area contributed by atoms with Gasteiger partial charge in [-0.1, -0.05) is 18.2 Å². The zero-order chi connectivity index (χ0) is 14.7. The van der Waals surface area contributed by atoms with Crippen LogP contribution in [-0.4, -0.2) is 27.6 Å². The highest BCUT2D eigenvalue weighted by atomic mass is 16.5. The second-order valence-electron chi connectivity index (χ2n) is 5.29. The van der Waals surface area contributed by atoms with Gasteiger partial charge in [0, 0.05) is 5.69 Å². The molecule has 0 fully saturated rings. The number of aliphatic hydroxyl groups excluding tert-OH is 1. The molecule has 0 radical (unpaired) electrons. The van der Waals surface area contributed by atoms with Gasteiger partial charge in [0.15, 0.2) is 0 Å². The number of aryl methyl sites for hydroxylation is 4. The normalized spacial score (nSPS) is 12.4. The van der Waals surface area contributed by atoms with E-state index < -0.39 is 6.10 Å². The van der Waals surface area contributed by atoms with Crippen molar-refractivity contribution in [3.05, 3.63) is 46.8 Å². The quantitative estimate of drug-likeness (QED) is 0.911. The minimum absolute atomic E-state index is 0.268. The van der Waals surface area contributed by atoms with Crippen LogP contribution in [0.15, 0.2) is 24.3 Å². The lowest BCUT2D eigenvalue weighted by Crippen LogP contribution is -2.25. The van der Waals surface area contributed by atoms with Crippen molar-refractivity contribution < 1.29 is 9.84 Å². The van der Waals surface area contributed by atoms with Crippen molar-refractivity contribution in [3.63, 3.8) is 0 Å². The zero-order valence-electron chi connectivity index (χ0n) is 12.6. The summed E-state index contributed by atoms with van der Waals surface area (Å²) in [4.78, 5) is 0. The van der Waals surface area contributed by atoms with Crippen LogP contribution in [-0.2, 0) is 6.54 Å². The third-order valence-electron chi connectivity index (χ3n) is 3.32. The zero-order valence-corrected chi connectivity index (χ0v) is 12.6. The fraction of sp³-hybridized carbons (Fsp3) is 0.438. The maximum atomic E-state index is 10.1. The average molecular weight is 274 g/mol. The lowest BCUT2D eigenvalue weighted by molar-refractivity contribution is 0.0881. The van der Waals surface area contributed by atoms with Crippen LogP contribution in [0.5, 0.6) is 5.75 Å². The van der Waals surface area contributed by atoms with Gasteiger partial charge >= 0.3 is 0 Å². The Kier molecular flexibility index (Phi) is 4.45. The molecule has 0 bridgehead atoms. The highest BCUT2D eigenvalue weighted by molar-refractivity contribution is 5.39. The van der Waals surface area contributed by atoms with E-state index in [0.717, 1.165) is 28.3 Å². The van der Waals surface area contributed by atoms with Crippen LogP contribution < -0.4 is 4.74 Å². The molecule has 0 saturated heterocycles. The number of ether oxygens (including phenoxy) is 1. The molecule has 1 N–H and O–H groups in total. The third-order valence-corrected chi connectivity index (χ3v) is 3.32. The number of aromatic nitrogens is 2. The molecule has 20 heavy (non-hydrogen) atoms. The van der Waals surface area contributed by atoms with Crippen LogP contribution in [0.25, 0.3) is 0 Å². The Labute approximate surface area is 120 Å². The summed E-state index contributed by atoms with van der Waals surface area (Å²) in [6.07, 6.45) is -0.577. The highest BCUT2D eigenvalue weighted by Gasteiger charge is 2.11. The Balaban J connectivity index is 1.95. The molecule has 4 nitrogen and oxygen atoms in total. The van der Waals surface area contributed by atoms with Gasteiger partial charge in [-0.2, -0.15) is 5.10 Å². The van der Waals surface area contributed by atoms with Gasteiger partial charge in [0.25, 0.3) is 0 Å². The molecule has 0 saturated carbocycles. The largest absolute Gasteiger partial charge is 0.490 e. The van der Waals surface area contributed by atoms with Crippen molar-refractivity contribution in [1.82, 2.24) is 9.78 Å². The van der Waals surface area contributed by atoms with Crippen LogP contribution in [0, 0.1) is 27.7 Å². The SMILES string of the molecule is Cc1cc(C)n(C[C@H](O)COc2c(C)cccc2C)n1. The first-order chi connectivity index (χ1) is 9.47. The Morgan fingerprint density at radius 3 is 2.40 bits per heavy atom. The summed E-state index contributed by atoms with van der Waals surface area (Å²) in [5.74, 6) is 0.861. The number of nitrogens with zero attached hydrogens (tertiary/aromatic N) is 2. The van der Waals surface area contributed by atoms with Gasteiger partial charge in [-0.3, -0.25) is 4.68 Å². The maximum Gasteiger partial charge on any atom is 0.125 e. The molecule has 1 aromatic heterocycles. The van der Waals surface area contributed by atoms with Crippen molar-refractivity contribution in [3.8, 4) is 5.75 Å². The van der Waals surface area contributed by atoms with Crippen molar-refractivity contribution >= 4 is 0 Å². The van der Waals surface area contributed by atoms with Gasteiger partial charge in [-0.15, -0.1) is 0 Å². The highest BCUT2D eigenvalue weighted by Crippen LogP contribution is 2.22. The van der Waals surface area contributed by atoms with Gasteiger partial charge in [0.1, 0.15) is 18.5 Å². The second kappa shape index (κ2) is 6.09. The van der Waals surface area contributed by atoms with E-state index in [-0.39, 0.29) is 6.61 Å². The van der Waals surface area contributed by atoms with Crippen molar-refractivity contribution in [1.29, 1.82) is 0 Å². The molecule has 0 aliphatic heterocycles. The fourth-order valence-electron chi connectivity index (χ4n) is 2.32. The predicted molar refractivity (Wildman–Crippen MR) is 79.1 cm³/mol. The molecule has 0 aliphatic rings. The number of benzene rings is 1. The van der Waals surface area contributed by atoms with Gasteiger partial charge < -0.3 is 9.84 Å². The Bertz CT molecular complexity index is 570. The summed E-state index contributed by atoms with van der Waals surface area (Å²) in [7, 11) is 0. The molecule has 4 heteroatoms. The van der Waals surface area contributed by atoms with Gasteiger partial charge in [-0.05, 0) is 44.9 Å². The summed E-state index contributed by atoms with van der Waals surface area (Å²) in [5, 5.41) is 14.4. The Morgan fingerprint density at radius 1 is 1.20 bits per heavy atom. The number of hydrogen-bond donors (Lipinski definition) is 1. The summed E-state index contributed by atoms with van der Waals surface area (Å²) in [6.45, 7) is 8.67. The van der Waals surface area contributed by atoms with E-state index in [1.54, 1.807) is 0 Å². The van der Waals surface area contributed by atoms with E-state index in [2.05, 4.69) is 5.10 Å². The van der Waals surface area contributed by atoms with E-state index >= 15 is 0 Å². The molecule has 1 atom stereocenters. The molecule has 108 valence electrons. The molecule has 2 aromatic rings. The summed E-state index contributed by atoms with van der Waals surface area (Å²) >= 11 is 0. The molecule has 2 rings (SSSR count). The third kappa shape index (κ3) is 3.39. The van der Waals surface area contributed by atoms with Crippen LogP contribution in [0.2, 0.25) is 0 Å². The lowest BCUT2D eigenvalue weighted by Gasteiger charge is -2.16. The first-order valence-corrected chi connectivity index (χ1v) is 6.85. The molecule has 0 unspecified atom stereocenters. The minimum atomic E-state index is -0.577. The van der Waals surface area contributed by atoms with E-state index in [1.807, 2.05) is 56.6 Å². The summed E-state index contributed by atoms with van der Waals surface area (Å²) in [6, 6.07) is 8.02. The van der Waals surface area contributed by atoms with Gasteiger partial charge in [0.2, 0.25) is 0 Å². The van der Waals surface area contributed by atoms with E-state index in [4.69, 9.17) is 4.74 Å². The monoisotopic (exact) mass is 274 g/mol. The number of aliphatic hydroxyl groups is 1. The second-order valence-corrected chi connectivity index (χ2v) is 5.29. The predicted octanol–water partition coefficient (Wildman–Crippen LogP) is 2.56. The Hall–Kier alpha value is -1.81. The molecule has 1 heterocycles. The summed E-state index contributed by atoms with van der Waals surface area (Å²) in [5.41, 5.74) is 4.19. The smallest absolute Gasteiger partial charge is 0.125 e. The Morgan fingerprint density at radius 2 is 1.85 bits per heavy atom. The van der Waals surface area contributed by atoms with Crippen LogP contribution in [0.3, 0.4) is 0 Å². The van der Waals surface area contributed by atoms with Crippen LogP contribution >= 0.6 is 0 Å². The number of hydrogen-bond acceptors (Lipinski definition) is 3. The van der Waals surface area contributed by atoms with Crippen molar-refractivity contribution in [2.45, 2.75) is 40.3 Å².